The molecule has 1 amide bonds. The van der Waals surface area contributed by atoms with Gasteiger partial charge in [-0.25, -0.2) is 8.42 Å². The zero-order valence-corrected chi connectivity index (χ0v) is 16.9. The van der Waals surface area contributed by atoms with Crippen molar-refractivity contribution in [1.29, 1.82) is 0 Å². The quantitative estimate of drug-likeness (QED) is 0.759. The van der Waals surface area contributed by atoms with Gasteiger partial charge in [-0.3, -0.25) is 4.79 Å². The van der Waals surface area contributed by atoms with E-state index in [1.807, 2.05) is 13.8 Å². The number of hydrogen-bond acceptors (Lipinski definition) is 4. The molecule has 2 heterocycles. The molecule has 2 N–H and O–H groups in total. The molecule has 0 aromatic heterocycles. The van der Waals surface area contributed by atoms with E-state index in [2.05, 4.69) is 5.32 Å². The highest BCUT2D eigenvalue weighted by atomic mass is 32.2. The first-order valence-electron chi connectivity index (χ1n) is 9.73. The number of amides is 1. The molecule has 2 aliphatic heterocycles. The SMILES string of the molecule is C[C@H]1C[NH+](CC(=O)Nc2cccc(S(=O)(=O)N3CCCCC3)c2)C[C@H](C)O1. The lowest BCUT2D eigenvalue weighted by Crippen LogP contribution is -3.16. The van der Waals surface area contributed by atoms with Crippen molar-refractivity contribution in [3.63, 3.8) is 0 Å². The van der Waals surface area contributed by atoms with E-state index in [1.165, 1.54) is 9.21 Å². The van der Waals surface area contributed by atoms with Gasteiger partial charge < -0.3 is 15.0 Å². The highest BCUT2D eigenvalue weighted by Gasteiger charge is 2.28. The highest BCUT2D eigenvalue weighted by molar-refractivity contribution is 7.89. The van der Waals surface area contributed by atoms with Crippen molar-refractivity contribution in [3.05, 3.63) is 24.3 Å². The lowest BCUT2D eigenvalue weighted by atomic mass is 10.2. The van der Waals surface area contributed by atoms with Gasteiger partial charge in [-0.2, -0.15) is 4.31 Å². The van der Waals surface area contributed by atoms with Crippen LogP contribution >= 0.6 is 0 Å². The number of hydrogen-bond donors (Lipinski definition) is 2. The van der Waals surface area contributed by atoms with Gasteiger partial charge in [0.2, 0.25) is 10.0 Å². The third-order valence-electron chi connectivity index (χ3n) is 5.10. The van der Waals surface area contributed by atoms with Crippen LogP contribution in [0, 0.1) is 0 Å². The monoisotopic (exact) mass is 396 g/mol. The molecule has 150 valence electrons. The molecule has 0 aliphatic carbocycles. The molecule has 0 spiro atoms. The Morgan fingerprint density at radius 2 is 1.85 bits per heavy atom. The Bertz CT molecular complexity index is 752. The fourth-order valence-corrected chi connectivity index (χ4v) is 5.52. The van der Waals surface area contributed by atoms with Gasteiger partial charge in [-0.1, -0.05) is 12.5 Å². The maximum atomic E-state index is 12.8. The Kier molecular flexibility index (Phi) is 6.52. The number of nitrogens with zero attached hydrogens (tertiary/aromatic N) is 1. The summed E-state index contributed by atoms with van der Waals surface area (Å²) in [4.78, 5) is 13.8. The summed E-state index contributed by atoms with van der Waals surface area (Å²) in [6.45, 7) is 7.10. The summed E-state index contributed by atoms with van der Waals surface area (Å²) in [6, 6.07) is 6.56. The van der Waals surface area contributed by atoms with Crippen LogP contribution in [-0.2, 0) is 19.6 Å². The van der Waals surface area contributed by atoms with Crippen LogP contribution in [-0.4, -0.2) is 63.6 Å². The largest absolute Gasteiger partial charge is 0.364 e. The maximum absolute atomic E-state index is 12.8. The van der Waals surface area contributed by atoms with Gasteiger partial charge >= 0.3 is 0 Å². The first-order chi connectivity index (χ1) is 12.8. The summed E-state index contributed by atoms with van der Waals surface area (Å²) >= 11 is 0. The Morgan fingerprint density at radius 1 is 1.19 bits per heavy atom. The first-order valence-corrected chi connectivity index (χ1v) is 11.2. The van der Waals surface area contributed by atoms with Gasteiger partial charge in [0.05, 0.1) is 4.90 Å². The number of ether oxygens (including phenoxy) is 1. The predicted molar refractivity (Wildman–Crippen MR) is 103 cm³/mol. The maximum Gasteiger partial charge on any atom is 0.279 e. The molecule has 2 fully saturated rings. The normalized spacial score (nSPS) is 27.3. The third-order valence-corrected chi connectivity index (χ3v) is 6.99. The molecular weight excluding hydrogens is 366 g/mol. The molecule has 1 aromatic carbocycles. The van der Waals surface area contributed by atoms with Gasteiger partial charge in [0, 0.05) is 18.8 Å². The Morgan fingerprint density at radius 3 is 2.52 bits per heavy atom. The summed E-state index contributed by atoms with van der Waals surface area (Å²) in [5, 5.41) is 2.85. The molecule has 0 saturated carbocycles. The topological polar surface area (TPSA) is 80.2 Å². The van der Waals surface area contributed by atoms with Crippen LogP contribution in [0.15, 0.2) is 29.2 Å². The molecule has 27 heavy (non-hydrogen) atoms. The smallest absolute Gasteiger partial charge is 0.279 e. The molecule has 2 saturated heterocycles. The molecule has 0 radical (unpaired) electrons. The van der Waals surface area contributed by atoms with E-state index in [0.29, 0.717) is 25.3 Å². The second kappa shape index (κ2) is 8.68. The Hall–Kier alpha value is -1.48. The summed E-state index contributed by atoms with van der Waals surface area (Å²) in [5.41, 5.74) is 0.520. The fourth-order valence-electron chi connectivity index (χ4n) is 3.95. The van der Waals surface area contributed by atoms with Crippen molar-refractivity contribution in [2.75, 3.05) is 38.0 Å². The predicted octanol–water partition coefficient (Wildman–Crippen LogP) is 0.492. The number of carbonyl (C=O) groups excluding carboxylic acids is 1. The number of sulfonamides is 1. The van der Waals surface area contributed by atoms with Crippen LogP contribution in [0.3, 0.4) is 0 Å². The van der Waals surface area contributed by atoms with Crippen molar-refractivity contribution in [2.24, 2.45) is 0 Å². The van der Waals surface area contributed by atoms with Crippen LogP contribution < -0.4 is 10.2 Å². The Balaban J connectivity index is 1.64. The number of rotatable bonds is 5. The standard InChI is InChI=1S/C19H29N3O4S/c1-15-12-21(13-16(2)26-15)14-19(23)20-17-7-6-8-18(11-17)27(24,25)22-9-4-3-5-10-22/h6-8,11,15-16H,3-5,9-10,12-14H2,1-2H3,(H,20,23)/p+1/t15-,16-/m0/s1. The molecule has 1 aromatic rings. The van der Waals surface area contributed by atoms with Crippen molar-refractivity contribution in [3.8, 4) is 0 Å². The van der Waals surface area contributed by atoms with Crippen LogP contribution in [0.2, 0.25) is 0 Å². The molecule has 0 unspecified atom stereocenters. The number of piperidine rings is 1. The third kappa shape index (κ3) is 5.28. The van der Waals surface area contributed by atoms with Crippen LogP contribution in [0.1, 0.15) is 33.1 Å². The lowest BCUT2D eigenvalue weighted by Gasteiger charge is -2.31. The van der Waals surface area contributed by atoms with E-state index < -0.39 is 10.0 Å². The van der Waals surface area contributed by atoms with Gasteiger partial charge in [0.15, 0.2) is 6.54 Å². The summed E-state index contributed by atoms with van der Waals surface area (Å²) in [7, 11) is -3.50. The fraction of sp³-hybridized carbons (Fsp3) is 0.632. The second-order valence-electron chi connectivity index (χ2n) is 7.63. The van der Waals surface area contributed by atoms with Crippen molar-refractivity contribution < 1.29 is 22.8 Å². The zero-order chi connectivity index (χ0) is 19.4. The number of anilines is 1. The number of quaternary nitrogens is 1. The molecular formula is C19H30N3O4S+. The van der Waals surface area contributed by atoms with Crippen molar-refractivity contribution >= 4 is 21.6 Å². The molecule has 3 rings (SSSR count). The number of nitrogens with one attached hydrogen (secondary N) is 2. The number of carbonyl (C=O) groups is 1. The molecule has 2 aliphatic rings. The van der Waals surface area contributed by atoms with Crippen molar-refractivity contribution in [2.45, 2.75) is 50.2 Å². The summed E-state index contributed by atoms with van der Waals surface area (Å²) < 4.78 is 32.9. The van der Waals surface area contributed by atoms with Gasteiger partial charge in [0.1, 0.15) is 25.3 Å². The molecule has 0 bridgehead atoms. The summed E-state index contributed by atoms with van der Waals surface area (Å²) in [5.74, 6) is -0.112. The van der Waals surface area contributed by atoms with Gasteiger partial charge in [-0.05, 0) is 44.9 Å². The van der Waals surface area contributed by atoms with E-state index in [1.54, 1.807) is 24.3 Å². The van der Waals surface area contributed by atoms with E-state index in [-0.39, 0.29) is 23.0 Å². The Labute approximate surface area is 161 Å². The average Bonchev–Trinajstić information content (AvgIpc) is 2.61. The number of morpholine rings is 1. The second-order valence-corrected chi connectivity index (χ2v) is 9.57. The summed E-state index contributed by atoms with van der Waals surface area (Å²) in [6.07, 6.45) is 3.14. The average molecular weight is 397 g/mol. The minimum Gasteiger partial charge on any atom is -0.364 e. The molecule has 7 nitrogen and oxygen atoms in total. The molecule has 8 heteroatoms. The molecule has 2 atom stereocenters. The van der Waals surface area contributed by atoms with Crippen LogP contribution in [0.5, 0.6) is 0 Å². The van der Waals surface area contributed by atoms with E-state index in [0.717, 1.165) is 32.4 Å². The minimum atomic E-state index is -3.50. The lowest BCUT2D eigenvalue weighted by molar-refractivity contribution is -0.907. The van der Waals surface area contributed by atoms with Crippen LogP contribution in [0.4, 0.5) is 5.69 Å². The van der Waals surface area contributed by atoms with Crippen molar-refractivity contribution in [1.82, 2.24) is 4.31 Å². The van der Waals surface area contributed by atoms with Crippen LogP contribution in [0.25, 0.3) is 0 Å². The first kappa shape index (κ1) is 20.3. The van der Waals surface area contributed by atoms with E-state index in [4.69, 9.17) is 4.74 Å². The van der Waals surface area contributed by atoms with E-state index >= 15 is 0 Å². The number of benzene rings is 1. The minimum absolute atomic E-state index is 0.112. The van der Waals surface area contributed by atoms with Gasteiger partial charge in [-0.15, -0.1) is 0 Å². The highest BCUT2D eigenvalue weighted by Crippen LogP contribution is 2.22. The van der Waals surface area contributed by atoms with Gasteiger partial charge in [0.25, 0.3) is 5.91 Å². The zero-order valence-electron chi connectivity index (χ0n) is 16.1. The van der Waals surface area contributed by atoms with E-state index in [9.17, 15) is 13.2 Å².